The molecular formula is C7H6BrF3N2. The fraction of sp³-hybridized carbons (Fsp3) is 0.286. The maximum absolute atomic E-state index is 12.1. The molecular weight excluding hydrogens is 249 g/mol. The summed E-state index contributed by atoms with van der Waals surface area (Å²) in [5.74, 6) is 0. The fourth-order valence-electron chi connectivity index (χ4n) is 0.795. The van der Waals surface area contributed by atoms with E-state index in [4.69, 9.17) is 5.73 Å². The first-order chi connectivity index (χ1) is 5.93. The van der Waals surface area contributed by atoms with E-state index in [0.29, 0.717) is 4.47 Å². The molecule has 1 heterocycles. The Labute approximate surface area is 81.1 Å². The second-order valence-electron chi connectivity index (χ2n) is 2.42. The minimum absolute atomic E-state index is 0.0602. The molecule has 0 saturated heterocycles. The van der Waals surface area contributed by atoms with Gasteiger partial charge in [0.05, 0.1) is 0 Å². The minimum atomic E-state index is -4.44. The average Bonchev–Trinajstić information content (AvgIpc) is 2.02. The molecule has 1 rings (SSSR count). The van der Waals surface area contributed by atoms with Crippen LogP contribution in [0.25, 0.3) is 0 Å². The highest BCUT2D eigenvalue weighted by atomic mass is 79.9. The molecule has 72 valence electrons. The number of aromatic nitrogens is 1. The molecule has 2 N–H and O–H groups in total. The van der Waals surface area contributed by atoms with Crippen LogP contribution >= 0.6 is 15.9 Å². The second kappa shape index (κ2) is 3.63. The van der Waals surface area contributed by atoms with E-state index in [0.717, 1.165) is 6.20 Å². The Hall–Kier alpha value is -0.620. The van der Waals surface area contributed by atoms with E-state index in [1.165, 1.54) is 12.3 Å². The molecule has 13 heavy (non-hydrogen) atoms. The molecule has 6 heteroatoms. The second-order valence-corrected chi connectivity index (χ2v) is 3.27. The zero-order valence-electron chi connectivity index (χ0n) is 6.35. The number of nitrogens with zero attached hydrogens (tertiary/aromatic N) is 1. The number of hydrogen-bond acceptors (Lipinski definition) is 2. The molecule has 0 fully saturated rings. The molecule has 0 amide bonds. The van der Waals surface area contributed by atoms with Crippen LogP contribution in [0.4, 0.5) is 13.2 Å². The van der Waals surface area contributed by atoms with Crippen molar-refractivity contribution in [2.45, 2.75) is 12.2 Å². The zero-order chi connectivity index (χ0) is 10.1. The monoisotopic (exact) mass is 254 g/mol. The van der Waals surface area contributed by atoms with Gasteiger partial charge in [-0.1, -0.05) is 15.9 Å². The number of hydrogen-bond donors (Lipinski definition) is 1. The maximum Gasteiger partial charge on any atom is 0.407 e. The van der Waals surface area contributed by atoms with Gasteiger partial charge in [-0.2, -0.15) is 13.2 Å². The summed E-state index contributed by atoms with van der Waals surface area (Å²) >= 11 is 2.97. The first-order valence-corrected chi connectivity index (χ1v) is 4.14. The van der Waals surface area contributed by atoms with Gasteiger partial charge in [0, 0.05) is 22.4 Å². The van der Waals surface area contributed by atoms with E-state index in [-0.39, 0.29) is 5.56 Å². The normalized spacial score (nSPS) is 14.2. The van der Waals surface area contributed by atoms with Gasteiger partial charge in [-0.25, -0.2) is 0 Å². The third kappa shape index (κ3) is 2.41. The summed E-state index contributed by atoms with van der Waals surface area (Å²) < 4.78 is 36.7. The standard InChI is InChI=1S/C7H6BrF3N2/c8-5-1-2-13-3-4(5)6(12)7(9,10)11/h1-3,6H,12H2/t6-/m1/s1. The van der Waals surface area contributed by atoms with E-state index in [1.807, 2.05) is 0 Å². The number of alkyl halides is 3. The lowest BCUT2D eigenvalue weighted by Gasteiger charge is -2.16. The minimum Gasteiger partial charge on any atom is -0.316 e. The molecule has 0 aliphatic rings. The lowest BCUT2D eigenvalue weighted by molar-refractivity contribution is -0.149. The fourth-order valence-corrected chi connectivity index (χ4v) is 1.26. The lowest BCUT2D eigenvalue weighted by Crippen LogP contribution is -2.28. The van der Waals surface area contributed by atoms with Gasteiger partial charge in [-0.05, 0) is 6.07 Å². The van der Waals surface area contributed by atoms with E-state index in [1.54, 1.807) is 0 Å². The summed E-state index contributed by atoms with van der Waals surface area (Å²) in [5.41, 5.74) is 4.92. The predicted molar refractivity (Wildman–Crippen MR) is 44.9 cm³/mol. The Balaban J connectivity index is 3.02. The van der Waals surface area contributed by atoms with E-state index in [9.17, 15) is 13.2 Å². The van der Waals surface area contributed by atoms with Gasteiger partial charge in [0.25, 0.3) is 0 Å². The molecule has 0 aromatic carbocycles. The molecule has 0 spiro atoms. The summed E-state index contributed by atoms with van der Waals surface area (Å²) in [5, 5.41) is 0. The SMILES string of the molecule is N[C@H](c1cnccc1Br)C(F)(F)F. The van der Waals surface area contributed by atoms with Gasteiger partial charge in [0.1, 0.15) is 6.04 Å². The number of halogens is 4. The van der Waals surface area contributed by atoms with Crippen LogP contribution in [0.1, 0.15) is 11.6 Å². The van der Waals surface area contributed by atoms with Gasteiger partial charge < -0.3 is 5.73 Å². The summed E-state index contributed by atoms with van der Waals surface area (Å²) in [7, 11) is 0. The van der Waals surface area contributed by atoms with Gasteiger partial charge in [0.15, 0.2) is 0 Å². The maximum atomic E-state index is 12.1. The Morgan fingerprint density at radius 2 is 2.08 bits per heavy atom. The van der Waals surface area contributed by atoms with Gasteiger partial charge >= 0.3 is 6.18 Å². The van der Waals surface area contributed by atoms with Crippen LogP contribution in [0.15, 0.2) is 22.9 Å². The van der Waals surface area contributed by atoms with Crippen molar-refractivity contribution in [2.24, 2.45) is 5.73 Å². The topological polar surface area (TPSA) is 38.9 Å². The summed E-state index contributed by atoms with van der Waals surface area (Å²) in [6.45, 7) is 0. The lowest BCUT2D eigenvalue weighted by atomic mass is 10.1. The highest BCUT2D eigenvalue weighted by Crippen LogP contribution is 2.33. The average molecular weight is 255 g/mol. The molecule has 1 atom stereocenters. The molecule has 1 aromatic rings. The summed E-state index contributed by atoms with van der Waals surface area (Å²) in [6.07, 6.45) is -1.95. The summed E-state index contributed by atoms with van der Waals surface area (Å²) in [4.78, 5) is 3.57. The van der Waals surface area contributed by atoms with Crippen LogP contribution in [0.5, 0.6) is 0 Å². The largest absolute Gasteiger partial charge is 0.407 e. The number of nitrogens with two attached hydrogens (primary N) is 1. The van der Waals surface area contributed by atoms with E-state index < -0.39 is 12.2 Å². The van der Waals surface area contributed by atoms with Crippen LogP contribution in [0, 0.1) is 0 Å². The van der Waals surface area contributed by atoms with Crippen LogP contribution in [0.3, 0.4) is 0 Å². The van der Waals surface area contributed by atoms with Crippen molar-refractivity contribution < 1.29 is 13.2 Å². The third-order valence-corrected chi connectivity index (χ3v) is 2.21. The van der Waals surface area contributed by atoms with E-state index in [2.05, 4.69) is 20.9 Å². The van der Waals surface area contributed by atoms with Crippen LogP contribution in [0.2, 0.25) is 0 Å². The van der Waals surface area contributed by atoms with Crippen LogP contribution in [-0.4, -0.2) is 11.2 Å². The van der Waals surface area contributed by atoms with Gasteiger partial charge in [-0.15, -0.1) is 0 Å². The highest BCUT2D eigenvalue weighted by molar-refractivity contribution is 9.10. The third-order valence-electron chi connectivity index (χ3n) is 1.48. The molecule has 0 aliphatic carbocycles. The smallest absolute Gasteiger partial charge is 0.316 e. The number of pyridine rings is 1. The first kappa shape index (κ1) is 10.5. The molecule has 0 unspecified atom stereocenters. The van der Waals surface area contributed by atoms with Crippen molar-refractivity contribution in [1.29, 1.82) is 0 Å². The molecule has 1 aromatic heterocycles. The molecule has 0 saturated carbocycles. The molecule has 2 nitrogen and oxygen atoms in total. The molecule has 0 radical (unpaired) electrons. The highest BCUT2D eigenvalue weighted by Gasteiger charge is 2.38. The predicted octanol–water partition coefficient (Wildman–Crippen LogP) is 2.41. The van der Waals surface area contributed by atoms with Crippen molar-refractivity contribution in [3.8, 4) is 0 Å². The molecule has 0 bridgehead atoms. The number of rotatable bonds is 1. The Bertz CT molecular complexity index is 300. The summed E-state index contributed by atoms with van der Waals surface area (Å²) in [6, 6.07) is -0.573. The Kier molecular flexibility index (Phi) is 2.92. The van der Waals surface area contributed by atoms with Crippen LogP contribution in [-0.2, 0) is 0 Å². The van der Waals surface area contributed by atoms with Gasteiger partial charge in [-0.3, -0.25) is 4.98 Å². The zero-order valence-corrected chi connectivity index (χ0v) is 7.93. The van der Waals surface area contributed by atoms with Crippen LogP contribution < -0.4 is 5.73 Å². The Morgan fingerprint density at radius 1 is 1.46 bits per heavy atom. The molecule has 0 aliphatic heterocycles. The first-order valence-electron chi connectivity index (χ1n) is 3.34. The quantitative estimate of drug-likeness (QED) is 0.836. The van der Waals surface area contributed by atoms with Gasteiger partial charge in [0.2, 0.25) is 0 Å². The van der Waals surface area contributed by atoms with Crippen molar-refractivity contribution in [2.75, 3.05) is 0 Å². The van der Waals surface area contributed by atoms with Crippen molar-refractivity contribution in [3.63, 3.8) is 0 Å². The van der Waals surface area contributed by atoms with E-state index >= 15 is 0 Å². The van der Waals surface area contributed by atoms with Crippen molar-refractivity contribution in [3.05, 3.63) is 28.5 Å². The Morgan fingerprint density at radius 3 is 2.54 bits per heavy atom. The van der Waals surface area contributed by atoms with Crippen molar-refractivity contribution >= 4 is 15.9 Å². The van der Waals surface area contributed by atoms with Crippen molar-refractivity contribution in [1.82, 2.24) is 4.98 Å².